The molecule has 0 aliphatic carbocycles. The Morgan fingerprint density at radius 2 is 1.91 bits per heavy atom. The van der Waals surface area contributed by atoms with E-state index in [1.807, 2.05) is 29.8 Å². The molecule has 1 fully saturated rings. The van der Waals surface area contributed by atoms with Crippen molar-refractivity contribution in [3.63, 3.8) is 0 Å². The molecule has 1 saturated heterocycles. The van der Waals surface area contributed by atoms with Crippen LogP contribution in [0.1, 0.15) is 5.56 Å². The molecule has 9 nitrogen and oxygen atoms in total. The lowest BCUT2D eigenvalue weighted by Gasteiger charge is -2.28. The monoisotopic (exact) mass is 464 g/mol. The Morgan fingerprint density at radius 1 is 1.15 bits per heavy atom. The van der Waals surface area contributed by atoms with Crippen LogP contribution in [0.3, 0.4) is 0 Å². The van der Waals surface area contributed by atoms with E-state index in [0.717, 1.165) is 54.1 Å². The molecule has 3 heterocycles. The summed E-state index contributed by atoms with van der Waals surface area (Å²) in [5.41, 5.74) is 3.70. The number of nitrogens with zero attached hydrogens (tertiary/aromatic N) is 5. The van der Waals surface area contributed by atoms with E-state index in [0.29, 0.717) is 16.8 Å². The highest BCUT2D eigenvalue weighted by molar-refractivity contribution is 6.32. The third kappa shape index (κ3) is 4.20. The van der Waals surface area contributed by atoms with Gasteiger partial charge in [-0.3, -0.25) is 14.7 Å². The van der Waals surface area contributed by atoms with E-state index in [-0.39, 0.29) is 5.69 Å². The van der Waals surface area contributed by atoms with Crippen LogP contribution in [0.25, 0.3) is 16.7 Å². The maximum absolute atomic E-state index is 11.2. The lowest BCUT2D eigenvalue weighted by molar-refractivity contribution is -0.384. The molecule has 4 aromatic rings. The first kappa shape index (κ1) is 21.2. The first-order valence-electron chi connectivity index (χ1n) is 10.5. The largest absolute Gasteiger partial charge is 0.378 e. The van der Waals surface area contributed by atoms with Crippen LogP contribution in [0.2, 0.25) is 5.02 Å². The fourth-order valence-corrected chi connectivity index (χ4v) is 4.15. The summed E-state index contributed by atoms with van der Waals surface area (Å²) in [6, 6.07) is 12.8. The van der Waals surface area contributed by atoms with E-state index in [4.69, 9.17) is 16.3 Å². The van der Waals surface area contributed by atoms with Crippen LogP contribution < -0.4 is 10.2 Å². The minimum Gasteiger partial charge on any atom is -0.378 e. The first-order valence-corrected chi connectivity index (χ1v) is 10.9. The van der Waals surface area contributed by atoms with Crippen molar-refractivity contribution >= 4 is 45.5 Å². The van der Waals surface area contributed by atoms with E-state index in [9.17, 15) is 10.1 Å². The molecular formula is C23H21ClN6O3. The summed E-state index contributed by atoms with van der Waals surface area (Å²) in [6.07, 6.45) is 3.41. The molecule has 2 aromatic carbocycles. The van der Waals surface area contributed by atoms with Gasteiger partial charge in [-0.05, 0) is 42.8 Å². The maximum atomic E-state index is 11.2. The summed E-state index contributed by atoms with van der Waals surface area (Å²) >= 11 is 6.43. The molecule has 33 heavy (non-hydrogen) atoms. The molecular weight excluding hydrogens is 444 g/mol. The number of halogens is 1. The van der Waals surface area contributed by atoms with Gasteiger partial charge in [0.1, 0.15) is 5.02 Å². The maximum Gasteiger partial charge on any atom is 0.270 e. The lowest BCUT2D eigenvalue weighted by atomic mass is 10.2. The molecule has 0 saturated carbocycles. The van der Waals surface area contributed by atoms with Gasteiger partial charge in [-0.25, -0.2) is 4.98 Å². The fourth-order valence-electron chi connectivity index (χ4n) is 3.97. The molecule has 0 amide bonds. The number of aromatic nitrogens is 3. The van der Waals surface area contributed by atoms with Crippen LogP contribution >= 0.6 is 11.6 Å². The molecule has 0 unspecified atom stereocenters. The number of nitro groups is 1. The molecule has 0 atom stereocenters. The van der Waals surface area contributed by atoms with E-state index >= 15 is 0 Å². The average molecular weight is 465 g/mol. The van der Waals surface area contributed by atoms with Gasteiger partial charge >= 0.3 is 0 Å². The normalized spacial score (nSPS) is 13.9. The number of nitro benzene ring substituents is 1. The van der Waals surface area contributed by atoms with Crippen molar-refractivity contribution in [3.8, 4) is 5.82 Å². The minimum atomic E-state index is -0.403. The predicted octanol–water partition coefficient (Wildman–Crippen LogP) is 4.87. The number of aryl methyl sites for hydroxylation is 1. The molecule has 1 aliphatic rings. The standard InChI is InChI=1S/C23H21ClN6O3/c1-15-14-29(21-7-6-18(30(31)32)12-19(15)21)22-20(24)13-25-23(27-22)26-16-2-4-17(5-3-16)28-8-10-33-11-9-28/h2-7,12-14H,8-11H2,1H3,(H,25,26,27). The van der Waals surface area contributed by atoms with Crippen molar-refractivity contribution in [2.45, 2.75) is 6.92 Å². The fraction of sp³-hybridized carbons (Fsp3) is 0.217. The molecule has 10 heteroatoms. The van der Waals surface area contributed by atoms with Crippen LogP contribution in [0.4, 0.5) is 23.0 Å². The Hall–Kier alpha value is -3.69. The Labute approximate surface area is 194 Å². The molecule has 2 aromatic heterocycles. The van der Waals surface area contributed by atoms with E-state index in [1.165, 1.54) is 6.07 Å². The lowest BCUT2D eigenvalue weighted by Crippen LogP contribution is -2.36. The van der Waals surface area contributed by atoms with Gasteiger partial charge in [-0.15, -0.1) is 0 Å². The van der Waals surface area contributed by atoms with Gasteiger partial charge in [0, 0.05) is 48.2 Å². The van der Waals surface area contributed by atoms with Gasteiger partial charge in [-0.2, -0.15) is 4.98 Å². The van der Waals surface area contributed by atoms with Crippen molar-refractivity contribution in [2.24, 2.45) is 0 Å². The van der Waals surface area contributed by atoms with Gasteiger partial charge in [0.05, 0.1) is 29.9 Å². The molecule has 0 bridgehead atoms. The first-order chi connectivity index (χ1) is 16.0. The van der Waals surface area contributed by atoms with Crippen LogP contribution in [0.15, 0.2) is 54.9 Å². The zero-order valence-corrected chi connectivity index (χ0v) is 18.6. The Morgan fingerprint density at radius 3 is 2.64 bits per heavy atom. The van der Waals surface area contributed by atoms with Crippen LogP contribution in [0.5, 0.6) is 0 Å². The highest BCUT2D eigenvalue weighted by Crippen LogP contribution is 2.30. The third-order valence-corrected chi connectivity index (χ3v) is 5.92. The average Bonchev–Trinajstić information content (AvgIpc) is 3.17. The van der Waals surface area contributed by atoms with Crippen molar-refractivity contribution in [3.05, 3.63) is 75.6 Å². The number of rotatable bonds is 5. The SMILES string of the molecule is Cc1cn(-c2nc(Nc3ccc(N4CCOCC4)cc3)ncc2Cl)c2ccc([N+](=O)[O-])cc12. The summed E-state index contributed by atoms with van der Waals surface area (Å²) in [5, 5.41) is 15.5. The van der Waals surface area contributed by atoms with Gasteiger partial charge in [-0.1, -0.05) is 11.6 Å². The Balaban J connectivity index is 1.43. The van der Waals surface area contributed by atoms with Gasteiger partial charge in [0.2, 0.25) is 5.95 Å². The zero-order valence-electron chi connectivity index (χ0n) is 17.9. The summed E-state index contributed by atoms with van der Waals surface area (Å²) in [7, 11) is 0. The minimum absolute atomic E-state index is 0.0417. The summed E-state index contributed by atoms with van der Waals surface area (Å²) in [4.78, 5) is 22.0. The molecule has 1 aliphatic heterocycles. The van der Waals surface area contributed by atoms with Crippen LogP contribution in [-0.2, 0) is 4.74 Å². The Kier molecular flexibility index (Phi) is 5.57. The smallest absolute Gasteiger partial charge is 0.270 e. The number of non-ortho nitro benzene ring substituents is 1. The Bertz CT molecular complexity index is 1330. The van der Waals surface area contributed by atoms with Gasteiger partial charge < -0.3 is 15.0 Å². The van der Waals surface area contributed by atoms with E-state index in [1.54, 1.807) is 18.3 Å². The van der Waals surface area contributed by atoms with E-state index in [2.05, 4.69) is 32.3 Å². The number of nitrogens with one attached hydrogen (secondary N) is 1. The highest BCUT2D eigenvalue weighted by Gasteiger charge is 2.16. The second-order valence-corrected chi connectivity index (χ2v) is 8.18. The summed E-state index contributed by atoms with van der Waals surface area (Å²) in [6.45, 7) is 5.13. The van der Waals surface area contributed by atoms with Crippen LogP contribution in [-0.4, -0.2) is 45.8 Å². The van der Waals surface area contributed by atoms with E-state index < -0.39 is 4.92 Å². The van der Waals surface area contributed by atoms with Gasteiger partial charge in [0.15, 0.2) is 5.82 Å². The summed E-state index contributed by atoms with van der Waals surface area (Å²) in [5.74, 6) is 0.890. The number of morpholine rings is 1. The molecule has 5 rings (SSSR count). The third-order valence-electron chi connectivity index (χ3n) is 5.65. The zero-order chi connectivity index (χ0) is 22.9. The molecule has 0 radical (unpaired) electrons. The topological polar surface area (TPSA) is 98.4 Å². The predicted molar refractivity (Wildman–Crippen MR) is 128 cm³/mol. The summed E-state index contributed by atoms with van der Waals surface area (Å²) < 4.78 is 7.24. The molecule has 168 valence electrons. The molecule has 0 spiro atoms. The number of benzene rings is 2. The number of hydrogen-bond acceptors (Lipinski definition) is 7. The molecule has 1 N–H and O–H groups in total. The number of fused-ring (bicyclic) bond motifs is 1. The quantitative estimate of drug-likeness (QED) is 0.332. The highest BCUT2D eigenvalue weighted by atomic mass is 35.5. The van der Waals surface area contributed by atoms with Crippen LogP contribution in [0, 0.1) is 17.0 Å². The van der Waals surface area contributed by atoms with Crippen molar-refractivity contribution < 1.29 is 9.66 Å². The number of anilines is 3. The van der Waals surface area contributed by atoms with Crippen molar-refractivity contribution in [1.29, 1.82) is 0 Å². The number of ether oxygens (including phenoxy) is 1. The number of hydrogen-bond donors (Lipinski definition) is 1. The second-order valence-electron chi connectivity index (χ2n) is 7.78. The van der Waals surface area contributed by atoms with Crippen molar-refractivity contribution in [1.82, 2.24) is 14.5 Å². The van der Waals surface area contributed by atoms with Crippen molar-refractivity contribution in [2.75, 3.05) is 36.5 Å². The van der Waals surface area contributed by atoms with Gasteiger partial charge in [0.25, 0.3) is 5.69 Å². The second kappa shape index (κ2) is 8.68.